The van der Waals surface area contributed by atoms with E-state index in [4.69, 9.17) is 4.74 Å². The number of amides is 2. The molecule has 0 saturated carbocycles. The Labute approximate surface area is 148 Å². The maximum atomic E-state index is 12.5. The van der Waals surface area contributed by atoms with E-state index in [0.717, 1.165) is 11.4 Å². The number of nitrogens with one attached hydrogen (secondary N) is 2. The molecule has 134 valence electrons. The van der Waals surface area contributed by atoms with Gasteiger partial charge in [-0.2, -0.15) is 5.10 Å². The molecule has 1 aromatic carbocycles. The largest absolute Gasteiger partial charge is 0.383 e. The van der Waals surface area contributed by atoms with E-state index >= 15 is 0 Å². The lowest BCUT2D eigenvalue weighted by molar-refractivity contribution is 0.152. The second-order valence-electron chi connectivity index (χ2n) is 5.70. The molecule has 7 heteroatoms. The van der Waals surface area contributed by atoms with Crippen molar-refractivity contribution in [3.8, 4) is 0 Å². The van der Waals surface area contributed by atoms with E-state index < -0.39 is 0 Å². The first kappa shape index (κ1) is 18.7. The van der Waals surface area contributed by atoms with Crippen LogP contribution in [-0.2, 0) is 4.74 Å². The summed E-state index contributed by atoms with van der Waals surface area (Å²) in [5, 5.41) is 9.79. The summed E-state index contributed by atoms with van der Waals surface area (Å²) < 4.78 is 5.10. The minimum Gasteiger partial charge on any atom is -0.383 e. The summed E-state index contributed by atoms with van der Waals surface area (Å²) in [6.45, 7) is 5.14. The van der Waals surface area contributed by atoms with Crippen LogP contribution in [0.5, 0.6) is 0 Å². The number of aryl methyl sites for hydroxylation is 1. The summed E-state index contributed by atoms with van der Waals surface area (Å²) in [6, 6.07) is 9.52. The second-order valence-corrected chi connectivity index (χ2v) is 5.70. The quantitative estimate of drug-likeness (QED) is 0.771. The van der Waals surface area contributed by atoms with Crippen molar-refractivity contribution in [3.05, 3.63) is 53.6 Å². The van der Waals surface area contributed by atoms with Gasteiger partial charge in [0.25, 0.3) is 0 Å². The Bertz CT molecular complexity index is 684. The van der Waals surface area contributed by atoms with Gasteiger partial charge in [-0.25, -0.2) is 9.78 Å². The van der Waals surface area contributed by atoms with Crippen molar-refractivity contribution in [2.45, 2.75) is 19.9 Å². The van der Waals surface area contributed by atoms with Gasteiger partial charge in [-0.15, -0.1) is 0 Å². The van der Waals surface area contributed by atoms with E-state index in [-0.39, 0.29) is 12.1 Å². The van der Waals surface area contributed by atoms with Crippen molar-refractivity contribution in [1.82, 2.24) is 25.4 Å². The van der Waals surface area contributed by atoms with Crippen LogP contribution >= 0.6 is 0 Å². The number of nitrogens with zero attached hydrogens (tertiary/aromatic N) is 3. The SMILES string of the molecule is COCCN(CC=Cc1ccccc1)C(=O)NC(C)c1n[nH]c(C)n1. The molecule has 1 unspecified atom stereocenters. The Morgan fingerprint density at radius 2 is 2.16 bits per heavy atom. The standard InChI is InChI=1S/C18H25N5O2/c1-14(17-20-15(2)21-22-17)19-18(24)23(12-13-25-3)11-7-10-16-8-5-4-6-9-16/h4-10,14H,11-13H2,1-3H3,(H,19,24)(H,20,21,22). The van der Waals surface area contributed by atoms with E-state index in [9.17, 15) is 4.79 Å². The average molecular weight is 343 g/mol. The summed E-state index contributed by atoms with van der Waals surface area (Å²) >= 11 is 0. The third-order valence-electron chi connectivity index (χ3n) is 3.63. The molecule has 1 atom stereocenters. The Balaban J connectivity index is 1.95. The van der Waals surface area contributed by atoms with Crippen LogP contribution in [0.1, 0.15) is 30.2 Å². The van der Waals surface area contributed by atoms with Gasteiger partial charge in [0, 0.05) is 20.2 Å². The first-order valence-corrected chi connectivity index (χ1v) is 8.25. The van der Waals surface area contributed by atoms with E-state index in [1.54, 1.807) is 12.0 Å². The number of ether oxygens (including phenoxy) is 1. The lowest BCUT2D eigenvalue weighted by Crippen LogP contribution is -2.42. The van der Waals surface area contributed by atoms with Gasteiger partial charge in [-0.05, 0) is 19.4 Å². The van der Waals surface area contributed by atoms with E-state index in [2.05, 4.69) is 20.5 Å². The van der Waals surface area contributed by atoms with Crippen LogP contribution in [0, 0.1) is 6.92 Å². The lowest BCUT2D eigenvalue weighted by atomic mass is 10.2. The van der Waals surface area contributed by atoms with Gasteiger partial charge in [-0.3, -0.25) is 5.10 Å². The third kappa shape index (κ3) is 6.04. The number of H-pyrrole nitrogens is 1. The molecular formula is C18H25N5O2. The third-order valence-corrected chi connectivity index (χ3v) is 3.63. The molecule has 7 nitrogen and oxygen atoms in total. The number of hydrogen-bond acceptors (Lipinski definition) is 4. The smallest absolute Gasteiger partial charge is 0.318 e. The van der Waals surface area contributed by atoms with Crippen LogP contribution in [0.2, 0.25) is 0 Å². The van der Waals surface area contributed by atoms with Crippen LogP contribution in [0.15, 0.2) is 36.4 Å². The van der Waals surface area contributed by atoms with Crippen LogP contribution in [-0.4, -0.2) is 52.9 Å². The van der Waals surface area contributed by atoms with Crippen molar-refractivity contribution in [2.75, 3.05) is 26.8 Å². The first-order chi connectivity index (χ1) is 12.1. The van der Waals surface area contributed by atoms with Crippen LogP contribution in [0.25, 0.3) is 6.08 Å². The summed E-state index contributed by atoms with van der Waals surface area (Å²) in [6.07, 6.45) is 3.96. The molecule has 0 spiro atoms. The van der Waals surface area contributed by atoms with Gasteiger partial charge in [0.15, 0.2) is 5.82 Å². The van der Waals surface area contributed by atoms with E-state index in [1.807, 2.05) is 56.3 Å². The zero-order valence-electron chi connectivity index (χ0n) is 14.9. The monoisotopic (exact) mass is 343 g/mol. The number of benzene rings is 1. The molecule has 0 bridgehead atoms. The highest BCUT2D eigenvalue weighted by molar-refractivity contribution is 5.75. The molecule has 0 saturated heterocycles. The number of carbonyl (C=O) groups excluding carboxylic acids is 1. The number of urea groups is 1. The molecule has 1 aromatic heterocycles. The van der Waals surface area contributed by atoms with Crippen LogP contribution in [0.3, 0.4) is 0 Å². The molecular weight excluding hydrogens is 318 g/mol. The molecule has 2 N–H and O–H groups in total. The van der Waals surface area contributed by atoms with Crippen molar-refractivity contribution >= 4 is 12.1 Å². The molecule has 2 rings (SSSR count). The van der Waals surface area contributed by atoms with Crippen molar-refractivity contribution in [3.63, 3.8) is 0 Å². The van der Waals surface area contributed by atoms with Gasteiger partial charge in [0.2, 0.25) is 0 Å². The molecule has 0 aliphatic rings. The topological polar surface area (TPSA) is 83.1 Å². The number of rotatable bonds is 8. The second kappa shape index (κ2) is 9.58. The highest BCUT2D eigenvalue weighted by Gasteiger charge is 2.17. The number of hydrogen-bond donors (Lipinski definition) is 2. The van der Waals surface area contributed by atoms with Crippen LogP contribution in [0.4, 0.5) is 4.79 Å². The van der Waals surface area contributed by atoms with E-state index in [1.165, 1.54) is 0 Å². The summed E-state index contributed by atoms with van der Waals surface area (Å²) in [5.74, 6) is 1.29. The highest BCUT2D eigenvalue weighted by atomic mass is 16.5. The van der Waals surface area contributed by atoms with Gasteiger partial charge < -0.3 is 15.0 Å². The van der Waals surface area contributed by atoms with Gasteiger partial charge in [-0.1, -0.05) is 42.5 Å². The predicted octanol–water partition coefficient (Wildman–Crippen LogP) is 2.55. The van der Waals surface area contributed by atoms with Gasteiger partial charge >= 0.3 is 6.03 Å². The number of aromatic nitrogens is 3. The minimum atomic E-state index is -0.277. The Morgan fingerprint density at radius 1 is 1.40 bits per heavy atom. The summed E-state index contributed by atoms with van der Waals surface area (Å²) in [7, 11) is 1.62. The fraction of sp³-hybridized carbons (Fsp3) is 0.389. The normalized spacial score (nSPS) is 12.3. The maximum Gasteiger partial charge on any atom is 0.318 e. The van der Waals surface area contributed by atoms with E-state index in [0.29, 0.717) is 25.5 Å². The molecule has 25 heavy (non-hydrogen) atoms. The van der Waals surface area contributed by atoms with Crippen LogP contribution < -0.4 is 5.32 Å². The highest BCUT2D eigenvalue weighted by Crippen LogP contribution is 2.07. The number of aromatic amines is 1. The molecule has 0 aliphatic heterocycles. The molecule has 0 radical (unpaired) electrons. The lowest BCUT2D eigenvalue weighted by Gasteiger charge is -2.23. The maximum absolute atomic E-state index is 12.5. The van der Waals surface area contributed by atoms with Crippen molar-refractivity contribution in [1.29, 1.82) is 0 Å². The Hall–Kier alpha value is -2.67. The Morgan fingerprint density at radius 3 is 2.80 bits per heavy atom. The van der Waals surface area contributed by atoms with Crippen molar-refractivity contribution in [2.24, 2.45) is 0 Å². The summed E-state index contributed by atoms with van der Waals surface area (Å²) in [4.78, 5) is 18.5. The molecule has 0 fully saturated rings. The zero-order chi connectivity index (χ0) is 18.1. The molecule has 0 aliphatic carbocycles. The predicted molar refractivity (Wildman–Crippen MR) is 97.0 cm³/mol. The van der Waals surface area contributed by atoms with Gasteiger partial charge in [0.1, 0.15) is 5.82 Å². The fourth-order valence-corrected chi connectivity index (χ4v) is 2.25. The fourth-order valence-electron chi connectivity index (χ4n) is 2.25. The Kier molecular flexibility index (Phi) is 7.16. The van der Waals surface area contributed by atoms with Gasteiger partial charge in [0.05, 0.1) is 12.6 Å². The first-order valence-electron chi connectivity index (χ1n) is 8.25. The molecule has 2 aromatic rings. The summed E-state index contributed by atoms with van der Waals surface area (Å²) in [5.41, 5.74) is 1.10. The molecule has 2 amide bonds. The minimum absolute atomic E-state index is 0.176. The van der Waals surface area contributed by atoms with Crippen molar-refractivity contribution < 1.29 is 9.53 Å². The zero-order valence-corrected chi connectivity index (χ0v) is 14.9. The average Bonchev–Trinajstić information content (AvgIpc) is 3.05. The molecule has 1 heterocycles. The number of methoxy groups -OCH3 is 1. The number of carbonyl (C=O) groups is 1.